The molecule has 0 fully saturated rings. The van der Waals surface area contributed by atoms with Gasteiger partial charge in [0.05, 0.1) is 6.21 Å². The fourth-order valence-corrected chi connectivity index (χ4v) is 2.35. The number of hydrazone groups is 1. The Labute approximate surface area is 126 Å². The zero-order valence-corrected chi connectivity index (χ0v) is 13.1. The lowest BCUT2D eigenvalue weighted by molar-refractivity contribution is 0.0926. The van der Waals surface area contributed by atoms with Gasteiger partial charge in [-0.25, -0.2) is 5.43 Å². The summed E-state index contributed by atoms with van der Waals surface area (Å²) in [5, 5.41) is 3.98. The molecule has 1 amide bonds. The van der Waals surface area contributed by atoms with Crippen molar-refractivity contribution in [3.63, 3.8) is 0 Å². The second-order valence-corrected chi connectivity index (χ2v) is 5.40. The first kappa shape index (κ1) is 14.5. The highest BCUT2D eigenvalue weighted by Crippen LogP contribution is 2.15. The van der Waals surface area contributed by atoms with Crippen LogP contribution in [0.5, 0.6) is 0 Å². The average Bonchev–Trinajstić information content (AvgIpc) is 2.79. The van der Waals surface area contributed by atoms with Crippen LogP contribution >= 0.6 is 15.9 Å². The lowest BCUT2D eigenvalue weighted by Crippen LogP contribution is -2.17. The molecule has 1 heterocycles. The molecule has 5 heteroatoms. The number of halogens is 1. The molecule has 0 atom stereocenters. The van der Waals surface area contributed by atoms with Crippen molar-refractivity contribution in [1.29, 1.82) is 0 Å². The second kappa shape index (κ2) is 6.05. The molecule has 4 nitrogen and oxygen atoms in total. The van der Waals surface area contributed by atoms with Crippen LogP contribution in [-0.4, -0.2) is 12.1 Å². The Hall–Kier alpha value is -1.88. The minimum Gasteiger partial charge on any atom is -0.444 e. The van der Waals surface area contributed by atoms with E-state index in [-0.39, 0.29) is 11.7 Å². The average molecular weight is 335 g/mol. The zero-order valence-electron chi connectivity index (χ0n) is 11.5. The smallest absolute Gasteiger partial charge is 0.307 e. The summed E-state index contributed by atoms with van der Waals surface area (Å²) in [6, 6.07) is 7.41. The number of benzene rings is 1. The van der Waals surface area contributed by atoms with Crippen LogP contribution < -0.4 is 5.43 Å². The molecule has 0 aliphatic heterocycles. The van der Waals surface area contributed by atoms with E-state index in [2.05, 4.69) is 45.5 Å². The Morgan fingerprint density at radius 3 is 2.45 bits per heavy atom. The van der Waals surface area contributed by atoms with Crippen molar-refractivity contribution in [2.24, 2.45) is 5.10 Å². The summed E-state index contributed by atoms with van der Waals surface area (Å²) in [6.45, 7) is 6.09. The minimum atomic E-state index is -0.380. The van der Waals surface area contributed by atoms with Gasteiger partial charge in [0.25, 0.3) is 0 Å². The molecule has 1 N–H and O–H groups in total. The van der Waals surface area contributed by atoms with Crippen LogP contribution in [0.25, 0.3) is 0 Å². The van der Waals surface area contributed by atoms with Gasteiger partial charge in [-0.2, -0.15) is 5.10 Å². The Bertz CT molecular complexity index is 651. The first-order chi connectivity index (χ1) is 9.47. The number of nitrogens with one attached hydrogen (secondary N) is 1. The summed E-state index contributed by atoms with van der Waals surface area (Å²) in [5.41, 5.74) is 6.92. The van der Waals surface area contributed by atoms with Crippen molar-refractivity contribution in [2.75, 3.05) is 0 Å². The standard InChI is InChI=1S/C15H15BrN2O2/c1-9-6-10(2)12(11(3)7-9)8-17-18-15(19)13-4-5-14(16)20-13/h4-8H,1-3H3,(H,18,19)/b17-8+. The monoisotopic (exact) mass is 334 g/mol. The van der Waals surface area contributed by atoms with E-state index in [4.69, 9.17) is 4.42 Å². The van der Waals surface area contributed by atoms with E-state index in [0.717, 1.165) is 16.7 Å². The van der Waals surface area contributed by atoms with Crippen molar-refractivity contribution >= 4 is 28.1 Å². The van der Waals surface area contributed by atoms with Gasteiger partial charge in [-0.3, -0.25) is 4.79 Å². The third kappa shape index (κ3) is 3.36. The summed E-state index contributed by atoms with van der Waals surface area (Å²) in [6.07, 6.45) is 1.65. The normalized spacial score (nSPS) is 11.0. The lowest BCUT2D eigenvalue weighted by atomic mass is 10.0. The maximum absolute atomic E-state index is 11.7. The van der Waals surface area contributed by atoms with Crippen LogP contribution in [0.3, 0.4) is 0 Å². The molecule has 0 bridgehead atoms. The highest BCUT2D eigenvalue weighted by Gasteiger charge is 2.09. The van der Waals surface area contributed by atoms with E-state index in [1.54, 1.807) is 18.3 Å². The van der Waals surface area contributed by atoms with Gasteiger partial charge in [-0.15, -0.1) is 0 Å². The van der Waals surface area contributed by atoms with E-state index < -0.39 is 0 Å². The summed E-state index contributed by atoms with van der Waals surface area (Å²) in [7, 11) is 0. The molecule has 0 saturated heterocycles. The van der Waals surface area contributed by atoms with Crippen LogP contribution in [0.2, 0.25) is 0 Å². The summed E-state index contributed by atoms with van der Waals surface area (Å²) in [5.74, 6) is -0.166. The van der Waals surface area contributed by atoms with Crippen molar-refractivity contribution in [3.05, 3.63) is 56.9 Å². The molecule has 0 radical (unpaired) electrons. The third-order valence-electron chi connectivity index (χ3n) is 2.89. The van der Waals surface area contributed by atoms with E-state index >= 15 is 0 Å². The maximum atomic E-state index is 11.7. The van der Waals surface area contributed by atoms with Crippen LogP contribution in [0.1, 0.15) is 32.8 Å². The predicted molar refractivity (Wildman–Crippen MR) is 82.1 cm³/mol. The molecule has 0 spiro atoms. The number of carbonyl (C=O) groups excluding carboxylic acids is 1. The van der Waals surface area contributed by atoms with Gasteiger partial charge in [-0.05, 0) is 60.0 Å². The molecule has 0 saturated carbocycles. The van der Waals surface area contributed by atoms with Gasteiger partial charge in [-0.1, -0.05) is 17.7 Å². The minimum absolute atomic E-state index is 0.214. The maximum Gasteiger partial charge on any atom is 0.307 e. The van der Waals surface area contributed by atoms with Crippen LogP contribution in [0, 0.1) is 20.8 Å². The van der Waals surface area contributed by atoms with Gasteiger partial charge in [0, 0.05) is 5.56 Å². The molecular weight excluding hydrogens is 320 g/mol. The fraction of sp³-hybridized carbons (Fsp3) is 0.200. The first-order valence-electron chi connectivity index (χ1n) is 6.14. The molecule has 1 aromatic heterocycles. The molecule has 20 heavy (non-hydrogen) atoms. The summed E-state index contributed by atoms with van der Waals surface area (Å²) < 4.78 is 5.65. The Morgan fingerprint density at radius 1 is 1.25 bits per heavy atom. The van der Waals surface area contributed by atoms with E-state index in [1.165, 1.54) is 5.56 Å². The molecular formula is C15H15BrN2O2. The number of nitrogens with zero attached hydrogens (tertiary/aromatic N) is 1. The Morgan fingerprint density at radius 2 is 1.90 bits per heavy atom. The fourth-order valence-electron chi connectivity index (χ4n) is 2.04. The van der Waals surface area contributed by atoms with E-state index in [9.17, 15) is 4.79 Å². The third-order valence-corrected chi connectivity index (χ3v) is 3.32. The number of hydrogen-bond donors (Lipinski definition) is 1. The van der Waals surface area contributed by atoms with Crippen molar-refractivity contribution in [3.8, 4) is 0 Å². The number of furan rings is 1. The van der Waals surface area contributed by atoms with E-state index in [1.807, 2.05) is 13.8 Å². The number of aryl methyl sites for hydroxylation is 3. The topological polar surface area (TPSA) is 54.6 Å². The van der Waals surface area contributed by atoms with Crippen molar-refractivity contribution < 1.29 is 9.21 Å². The lowest BCUT2D eigenvalue weighted by Gasteiger charge is -2.06. The first-order valence-corrected chi connectivity index (χ1v) is 6.93. The number of carbonyl (C=O) groups is 1. The van der Waals surface area contributed by atoms with Gasteiger partial charge in [0.1, 0.15) is 0 Å². The van der Waals surface area contributed by atoms with Crippen LogP contribution in [0.4, 0.5) is 0 Å². The quantitative estimate of drug-likeness (QED) is 0.686. The molecule has 0 unspecified atom stereocenters. The number of hydrogen-bond acceptors (Lipinski definition) is 3. The molecule has 0 aliphatic carbocycles. The molecule has 0 aliphatic rings. The largest absolute Gasteiger partial charge is 0.444 e. The molecule has 2 aromatic rings. The highest BCUT2D eigenvalue weighted by molar-refractivity contribution is 9.10. The van der Waals surface area contributed by atoms with Crippen LogP contribution in [-0.2, 0) is 0 Å². The van der Waals surface area contributed by atoms with E-state index in [0.29, 0.717) is 4.67 Å². The Balaban J connectivity index is 2.09. The van der Waals surface area contributed by atoms with Gasteiger partial charge in [0.2, 0.25) is 0 Å². The Kier molecular flexibility index (Phi) is 4.39. The second-order valence-electron chi connectivity index (χ2n) is 4.62. The van der Waals surface area contributed by atoms with Crippen molar-refractivity contribution in [2.45, 2.75) is 20.8 Å². The number of rotatable bonds is 3. The van der Waals surface area contributed by atoms with Crippen molar-refractivity contribution in [1.82, 2.24) is 5.43 Å². The van der Waals surface area contributed by atoms with Gasteiger partial charge >= 0.3 is 5.91 Å². The van der Waals surface area contributed by atoms with Gasteiger partial charge in [0.15, 0.2) is 10.4 Å². The predicted octanol–water partition coefficient (Wildman–Crippen LogP) is 3.73. The number of amides is 1. The molecule has 1 aromatic carbocycles. The summed E-state index contributed by atoms with van der Waals surface area (Å²) in [4.78, 5) is 11.7. The molecule has 2 rings (SSSR count). The molecule has 104 valence electrons. The SMILES string of the molecule is Cc1cc(C)c(/C=N/NC(=O)c2ccc(Br)o2)c(C)c1. The highest BCUT2D eigenvalue weighted by atomic mass is 79.9. The van der Waals surface area contributed by atoms with Crippen LogP contribution in [0.15, 0.2) is 38.5 Å². The van der Waals surface area contributed by atoms with Gasteiger partial charge < -0.3 is 4.42 Å². The summed E-state index contributed by atoms with van der Waals surface area (Å²) >= 11 is 3.15. The zero-order chi connectivity index (χ0) is 14.7.